The summed E-state index contributed by atoms with van der Waals surface area (Å²) < 4.78 is 5.71. The summed E-state index contributed by atoms with van der Waals surface area (Å²) >= 11 is 1.23. The number of amides is 1. The van der Waals surface area contributed by atoms with Gasteiger partial charge in [0.1, 0.15) is 0 Å². The standard InChI is InChI=1S/C22H23N3O3S/c1-13(2)20(27)23-18-10-8-16(9-11-18)19(26)15(4)29-22-25-24-21(28-22)17-7-5-6-14(3)12-17/h5-13,15H,1-4H3,(H,23,27)/t15-/m1/s1. The van der Waals surface area contributed by atoms with Crippen molar-refractivity contribution >= 4 is 29.1 Å². The van der Waals surface area contributed by atoms with E-state index in [2.05, 4.69) is 15.5 Å². The largest absolute Gasteiger partial charge is 0.411 e. The van der Waals surface area contributed by atoms with Crippen LogP contribution in [0, 0.1) is 12.8 Å². The number of thioether (sulfide) groups is 1. The number of benzene rings is 2. The van der Waals surface area contributed by atoms with Gasteiger partial charge in [0.15, 0.2) is 5.78 Å². The Bertz CT molecular complexity index is 1010. The SMILES string of the molecule is Cc1cccc(-c2nnc(S[C@H](C)C(=O)c3ccc(NC(=O)C(C)C)cc3)o2)c1. The van der Waals surface area contributed by atoms with Crippen LogP contribution in [-0.4, -0.2) is 27.1 Å². The van der Waals surface area contributed by atoms with Gasteiger partial charge < -0.3 is 9.73 Å². The second-order valence-electron chi connectivity index (χ2n) is 7.09. The number of aromatic nitrogens is 2. The first-order valence-corrected chi connectivity index (χ1v) is 10.2. The van der Waals surface area contributed by atoms with Crippen molar-refractivity contribution in [1.82, 2.24) is 10.2 Å². The van der Waals surface area contributed by atoms with Crippen LogP contribution in [0.4, 0.5) is 5.69 Å². The maximum absolute atomic E-state index is 12.7. The molecule has 0 bridgehead atoms. The third-order valence-corrected chi connectivity index (χ3v) is 5.21. The van der Waals surface area contributed by atoms with Gasteiger partial charge in [-0.1, -0.05) is 43.3 Å². The van der Waals surface area contributed by atoms with Crippen LogP contribution in [0.2, 0.25) is 0 Å². The van der Waals surface area contributed by atoms with Crippen molar-refractivity contribution in [3.8, 4) is 11.5 Å². The minimum absolute atomic E-state index is 0.0490. The lowest BCUT2D eigenvalue weighted by molar-refractivity contribution is -0.118. The first-order chi connectivity index (χ1) is 13.8. The van der Waals surface area contributed by atoms with E-state index in [1.165, 1.54) is 11.8 Å². The Morgan fingerprint density at radius 1 is 1.03 bits per heavy atom. The third kappa shape index (κ3) is 5.32. The molecule has 0 spiro atoms. The number of aryl methyl sites for hydroxylation is 1. The van der Waals surface area contributed by atoms with Crippen molar-refractivity contribution in [3.63, 3.8) is 0 Å². The lowest BCUT2D eigenvalue weighted by Crippen LogP contribution is -2.18. The summed E-state index contributed by atoms with van der Waals surface area (Å²) in [5.41, 5.74) is 3.18. The summed E-state index contributed by atoms with van der Waals surface area (Å²) in [5, 5.41) is 10.9. The van der Waals surface area contributed by atoms with E-state index in [4.69, 9.17) is 4.42 Å². The molecule has 0 aliphatic carbocycles. The lowest BCUT2D eigenvalue weighted by atomic mass is 10.1. The molecular weight excluding hydrogens is 386 g/mol. The van der Waals surface area contributed by atoms with Crippen LogP contribution < -0.4 is 5.32 Å². The molecule has 3 rings (SSSR count). The van der Waals surface area contributed by atoms with Crippen LogP contribution in [-0.2, 0) is 4.79 Å². The first-order valence-electron chi connectivity index (χ1n) is 9.36. The summed E-state index contributed by atoms with van der Waals surface area (Å²) in [6.45, 7) is 7.45. The number of rotatable bonds is 7. The van der Waals surface area contributed by atoms with Crippen LogP contribution in [0.15, 0.2) is 58.2 Å². The average molecular weight is 410 g/mol. The maximum Gasteiger partial charge on any atom is 0.277 e. The predicted octanol–water partition coefficient (Wildman–Crippen LogP) is 5.00. The average Bonchev–Trinajstić information content (AvgIpc) is 3.16. The Morgan fingerprint density at radius 2 is 1.76 bits per heavy atom. The van der Waals surface area contributed by atoms with Gasteiger partial charge in [-0.05, 0) is 50.2 Å². The van der Waals surface area contributed by atoms with Gasteiger partial charge in [-0.15, -0.1) is 10.2 Å². The molecule has 0 aliphatic heterocycles. The molecule has 1 aromatic heterocycles. The summed E-state index contributed by atoms with van der Waals surface area (Å²) in [4.78, 5) is 24.5. The Hall–Kier alpha value is -2.93. The van der Waals surface area contributed by atoms with E-state index in [0.717, 1.165) is 11.1 Å². The van der Waals surface area contributed by atoms with Crippen molar-refractivity contribution in [3.05, 3.63) is 59.7 Å². The van der Waals surface area contributed by atoms with Crippen molar-refractivity contribution < 1.29 is 14.0 Å². The van der Waals surface area contributed by atoms with E-state index in [1.54, 1.807) is 31.2 Å². The zero-order valence-electron chi connectivity index (χ0n) is 16.8. The monoisotopic (exact) mass is 409 g/mol. The molecule has 2 aromatic carbocycles. The van der Waals surface area contributed by atoms with E-state index >= 15 is 0 Å². The van der Waals surface area contributed by atoms with Gasteiger partial charge in [-0.3, -0.25) is 9.59 Å². The Balaban J connectivity index is 1.64. The Morgan fingerprint density at radius 3 is 2.41 bits per heavy atom. The zero-order valence-corrected chi connectivity index (χ0v) is 17.6. The lowest BCUT2D eigenvalue weighted by Gasteiger charge is -2.10. The van der Waals surface area contributed by atoms with Crippen molar-refractivity contribution in [2.45, 2.75) is 38.2 Å². The molecule has 0 aliphatic rings. The van der Waals surface area contributed by atoms with E-state index in [0.29, 0.717) is 22.4 Å². The van der Waals surface area contributed by atoms with Crippen LogP contribution in [0.1, 0.15) is 36.7 Å². The van der Waals surface area contributed by atoms with Crippen molar-refractivity contribution in [2.24, 2.45) is 5.92 Å². The van der Waals surface area contributed by atoms with Gasteiger partial charge in [0, 0.05) is 22.7 Å². The number of anilines is 1. The van der Waals surface area contributed by atoms with E-state index in [1.807, 2.05) is 45.0 Å². The van der Waals surface area contributed by atoms with Gasteiger partial charge in [0.25, 0.3) is 5.22 Å². The number of hydrogen-bond donors (Lipinski definition) is 1. The minimum atomic E-state index is -0.392. The fraction of sp³-hybridized carbons (Fsp3) is 0.273. The molecule has 7 heteroatoms. The third-order valence-electron chi connectivity index (χ3n) is 4.28. The van der Waals surface area contributed by atoms with Crippen LogP contribution in [0.25, 0.3) is 11.5 Å². The van der Waals surface area contributed by atoms with Gasteiger partial charge in [0.05, 0.1) is 5.25 Å². The normalized spacial score (nSPS) is 12.0. The summed E-state index contributed by atoms with van der Waals surface area (Å²) in [5.74, 6) is 0.216. The Labute approximate surface area is 174 Å². The predicted molar refractivity (Wildman–Crippen MR) is 114 cm³/mol. The highest BCUT2D eigenvalue weighted by atomic mass is 32.2. The van der Waals surface area contributed by atoms with Gasteiger partial charge >= 0.3 is 0 Å². The number of carbonyl (C=O) groups excluding carboxylic acids is 2. The topological polar surface area (TPSA) is 85.1 Å². The molecule has 1 heterocycles. The second kappa shape index (κ2) is 9.05. The van der Waals surface area contributed by atoms with Crippen molar-refractivity contribution in [2.75, 3.05) is 5.32 Å². The van der Waals surface area contributed by atoms with E-state index in [9.17, 15) is 9.59 Å². The highest BCUT2D eigenvalue weighted by molar-refractivity contribution is 8.00. The van der Waals surface area contributed by atoms with E-state index in [-0.39, 0.29) is 17.6 Å². The number of nitrogens with zero attached hydrogens (tertiary/aromatic N) is 2. The minimum Gasteiger partial charge on any atom is -0.411 e. The van der Waals surface area contributed by atoms with Gasteiger partial charge in [0.2, 0.25) is 11.8 Å². The maximum atomic E-state index is 12.7. The molecule has 0 unspecified atom stereocenters. The number of Topliss-reactive ketones (excluding diaryl/α,β-unsaturated/α-hetero) is 1. The summed E-state index contributed by atoms with van der Waals surface area (Å²) in [6.07, 6.45) is 0. The molecule has 1 amide bonds. The fourth-order valence-corrected chi connectivity index (χ4v) is 3.36. The molecule has 0 saturated heterocycles. The molecule has 0 saturated carbocycles. The molecule has 29 heavy (non-hydrogen) atoms. The smallest absolute Gasteiger partial charge is 0.277 e. The van der Waals surface area contributed by atoms with Gasteiger partial charge in [-0.2, -0.15) is 0 Å². The first kappa shape index (κ1) is 20.8. The Kier molecular flexibility index (Phi) is 6.49. The molecule has 150 valence electrons. The quantitative estimate of drug-likeness (QED) is 0.436. The molecule has 1 N–H and O–H groups in total. The molecule has 0 radical (unpaired) electrons. The fourth-order valence-electron chi connectivity index (χ4n) is 2.60. The van der Waals surface area contributed by atoms with Crippen LogP contribution in [0.3, 0.4) is 0 Å². The summed E-state index contributed by atoms with van der Waals surface area (Å²) in [7, 11) is 0. The number of nitrogens with one attached hydrogen (secondary N) is 1. The van der Waals surface area contributed by atoms with Crippen LogP contribution in [0.5, 0.6) is 0 Å². The number of hydrogen-bond acceptors (Lipinski definition) is 6. The second-order valence-corrected chi connectivity index (χ2v) is 8.38. The number of ketones is 1. The number of carbonyl (C=O) groups is 2. The highest BCUT2D eigenvalue weighted by Gasteiger charge is 2.20. The molecule has 6 nitrogen and oxygen atoms in total. The molecule has 0 fully saturated rings. The summed E-state index contributed by atoms with van der Waals surface area (Å²) in [6, 6.07) is 14.7. The van der Waals surface area contributed by atoms with Crippen molar-refractivity contribution in [1.29, 1.82) is 0 Å². The molecule has 1 atom stereocenters. The van der Waals surface area contributed by atoms with Gasteiger partial charge in [-0.25, -0.2) is 0 Å². The molecular formula is C22H23N3O3S. The van der Waals surface area contributed by atoms with Crippen LogP contribution >= 0.6 is 11.8 Å². The highest BCUT2D eigenvalue weighted by Crippen LogP contribution is 2.28. The zero-order chi connectivity index (χ0) is 21.0. The molecule has 3 aromatic rings. The van der Waals surface area contributed by atoms with E-state index < -0.39 is 5.25 Å².